The Morgan fingerprint density at radius 1 is 1.50 bits per heavy atom. The van der Waals surface area contributed by atoms with Crippen LogP contribution in [0.1, 0.15) is 23.2 Å². The summed E-state index contributed by atoms with van der Waals surface area (Å²) in [6.07, 6.45) is 2.39. The highest BCUT2D eigenvalue weighted by atomic mass is 16.5. The first kappa shape index (κ1) is 13.8. The molecule has 7 nitrogen and oxygen atoms in total. The van der Waals surface area contributed by atoms with Crippen molar-refractivity contribution in [2.24, 2.45) is 0 Å². The number of carbonyl (C=O) groups is 3. The zero-order valence-electron chi connectivity index (χ0n) is 9.71. The Labute approximate surface area is 103 Å². The number of methoxy groups -OCH3 is 1. The molecule has 2 N–H and O–H groups in total. The molecule has 1 aromatic heterocycles. The van der Waals surface area contributed by atoms with Crippen molar-refractivity contribution >= 4 is 17.8 Å². The van der Waals surface area contributed by atoms with Crippen molar-refractivity contribution in [3.05, 3.63) is 24.2 Å². The number of nitrogens with one attached hydrogen (secondary N) is 1. The Kier molecular flexibility index (Phi) is 4.91. The molecule has 0 unspecified atom stereocenters. The van der Waals surface area contributed by atoms with Crippen LogP contribution in [0.2, 0.25) is 0 Å². The molecule has 98 valence electrons. The molecule has 1 aromatic rings. The maximum absolute atomic E-state index is 11.6. The lowest BCUT2D eigenvalue weighted by Gasteiger charge is -2.12. The summed E-state index contributed by atoms with van der Waals surface area (Å²) in [5, 5.41) is 11.2. The van der Waals surface area contributed by atoms with Crippen LogP contribution in [0.5, 0.6) is 0 Å². The number of carboxylic acids is 1. The quantitative estimate of drug-likeness (QED) is 0.713. The number of esters is 1. The molecule has 0 radical (unpaired) electrons. The second-order valence-corrected chi connectivity index (χ2v) is 3.49. The molecule has 1 rings (SSSR count). The summed E-state index contributed by atoms with van der Waals surface area (Å²) in [6.45, 7) is 0. The van der Waals surface area contributed by atoms with Crippen LogP contribution in [-0.2, 0) is 14.3 Å². The first-order valence-electron chi connectivity index (χ1n) is 5.17. The van der Waals surface area contributed by atoms with Crippen molar-refractivity contribution in [1.29, 1.82) is 0 Å². The van der Waals surface area contributed by atoms with Gasteiger partial charge in [-0.15, -0.1) is 0 Å². The minimum absolute atomic E-state index is 0.0361. The van der Waals surface area contributed by atoms with E-state index in [-0.39, 0.29) is 18.4 Å². The van der Waals surface area contributed by atoms with Crippen molar-refractivity contribution in [2.45, 2.75) is 18.9 Å². The zero-order chi connectivity index (χ0) is 13.5. The van der Waals surface area contributed by atoms with Crippen LogP contribution < -0.4 is 5.32 Å². The lowest BCUT2D eigenvalue weighted by Crippen LogP contribution is -2.41. The number of rotatable bonds is 6. The average Bonchev–Trinajstić information content (AvgIpc) is 2.87. The summed E-state index contributed by atoms with van der Waals surface area (Å²) >= 11 is 0. The van der Waals surface area contributed by atoms with E-state index in [2.05, 4.69) is 10.1 Å². The van der Waals surface area contributed by atoms with E-state index in [9.17, 15) is 14.4 Å². The molecular weight excluding hydrogens is 242 g/mol. The van der Waals surface area contributed by atoms with Crippen molar-refractivity contribution < 1.29 is 28.6 Å². The number of aliphatic carboxylic acids is 1. The van der Waals surface area contributed by atoms with Crippen molar-refractivity contribution in [3.8, 4) is 0 Å². The predicted molar refractivity (Wildman–Crippen MR) is 58.8 cm³/mol. The maximum Gasteiger partial charge on any atom is 0.326 e. The normalized spacial score (nSPS) is 11.6. The third kappa shape index (κ3) is 3.93. The fraction of sp³-hybridized carbons (Fsp3) is 0.364. The Hall–Kier alpha value is -2.31. The number of amides is 1. The van der Waals surface area contributed by atoms with Crippen LogP contribution in [-0.4, -0.2) is 36.1 Å². The molecule has 1 heterocycles. The van der Waals surface area contributed by atoms with E-state index in [0.29, 0.717) is 0 Å². The van der Waals surface area contributed by atoms with Crippen molar-refractivity contribution in [2.75, 3.05) is 7.11 Å². The van der Waals surface area contributed by atoms with Crippen LogP contribution >= 0.6 is 0 Å². The Morgan fingerprint density at radius 2 is 2.22 bits per heavy atom. The molecule has 0 saturated heterocycles. The van der Waals surface area contributed by atoms with Gasteiger partial charge in [-0.25, -0.2) is 4.79 Å². The van der Waals surface area contributed by atoms with Crippen LogP contribution in [0.25, 0.3) is 0 Å². The smallest absolute Gasteiger partial charge is 0.326 e. The molecule has 0 spiro atoms. The average molecular weight is 255 g/mol. The fourth-order valence-corrected chi connectivity index (χ4v) is 1.26. The van der Waals surface area contributed by atoms with Gasteiger partial charge >= 0.3 is 11.9 Å². The van der Waals surface area contributed by atoms with Crippen LogP contribution in [0.4, 0.5) is 0 Å². The summed E-state index contributed by atoms with van der Waals surface area (Å²) in [5.41, 5.74) is 0.222. The zero-order valence-corrected chi connectivity index (χ0v) is 9.71. The molecule has 18 heavy (non-hydrogen) atoms. The van der Waals surface area contributed by atoms with E-state index in [4.69, 9.17) is 9.52 Å². The summed E-state index contributed by atoms with van der Waals surface area (Å²) in [7, 11) is 1.21. The first-order chi connectivity index (χ1) is 8.54. The molecule has 0 aliphatic rings. The van der Waals surface area contributed by atoms with Crippen LogP contribution in [0.15, 0.2) is 23.0 Å². The molecule has 0 aliphatic carbocycles. The van der Waals surface area contributed by atoms with Crippen LogP contribution in [0.3, 0.4) is 0 Å². The number of carboxylic acid groups (broad SMARTS) is 1. The Balaban J connectivity index is 2.55. The first-order valence-corrected chi connectivity index (χ1v) is 5.17. The highest BCUT2D eigenvalue weighted by molar-refractivity contribution is 5.96. The second-order valence-electron chi connectivity index (χ2n) is 3.49. The summed E-state index contributed by atoms with van der Waals surface area (Å²) in [5.74, 6) is -2.31. The molecule has 0 bridgehead atoms. The maximum atomic E-state index is 11.6. The van der Waals surface area contributed by atoms with Gasteiger partial charge in [-0.05, 0) is 12.5 Å². The Bertz CT molecular complexity index is 425. The van der Waals surface area contributed by atoms with Crippen LogP contribution in [0, 0.1) is 0 Å². The third-order valence-corrected chi connectivity index (χ3v) is 2.25. The van der Waals surface area contributed by atoms with Gasteiger partial charge in [0.25, 0.3) is 5.91 Å². The molecular formula is C11H13NO6. The van der Waals surface area contributed by atoms with Gasteiger partial charge in [0.2, 0.25) is 0 Å². The standard InChI is InChI=1S/C11H13NO6/c1-17-9(13)3-2-8(11(15)16)12-10(14)7-4-5-18-6-7/h4-6,8H,2-3H2,1H3,(H,12,14)(H,15,16)/t8-/m1/s1. The molecule has 0 aliphatic heterocycles. The molecule has 0 aromatic carbocycles. The lowest BCUT2D eigenvalue weighted by atomic mass is 10.1. The highest BCUT2D eigenvalue weighted by Gasteiger charge is 2.22. The van der Waals surface area contributed by atoms with Gasteiger partial charge in [0.15, 0.2) is 0 Å². The Morgan fingerprint density at radius 3 is 2.72 bits per heavy atom. The minimum atomic E-state index is -1.21. The highest BCUT2D eigenvalue weighted by Crippen LogP contribution is 2.04. The van der Waals surface area contributed by atoms with Gasteiger partial charge in [0.05, 0.1) is 18.9 Å². The third-order valence-electron chi connectivity index (χ3n) is 2.25. The summed E-state index contributed by atoms with van der Waals surface area (Å²) < 4.78 is 9.11. The summed E-state index contributed by atoms with van der Waals surface area (Å²) in [6, 6.07) is 0.265. The number of hydrogen-bond acceptors (Lipinski definition) is 5. The van der Waals surface area contributed by atoms with E-state index in [1.165, 1.54) is 25.7 Å². The van der Waals surface area contributed by atoms with E-state index in [1.807, 2.05) is 0 Å². The molecule has 0 fully saturated rings. The largest absolute Gasteiger partial charge is 0.480 e. The molecule has 7 heteroatoms. The number of hydrogen-bond donors (Lipinski definition) is 2. The van der Waals surface area contributed by atoms with Gasteiger partial charge < -0.3 is 19.6 Å². The number of furan rings is 1. The molecule has 1 atom stereocenters. The monoisotopic (exact) mass is 255 g/mol. The van der Waals surface area contributed by atoms with E-state index in [1.54, 1.807) is 0 Å². The summed E-state index contributed by atoms with van der Waals surface area (Å²) in [4.78, 5) is 33.4. The van der Waals surface area contributed by atoms with Gasteiger partial charge in [0.1, 0.15) is 12.3 Å². The van der Waals surface area contributed by atoms with Gasteiger partial charge in [-0.3, -0.25) is 9.59 Å². The van der Waals surface area contributed by atoms with Gasteiger partial charge in [-0.1, -0.05) is 0 Å². The lowest BCUT2D eigenvalue weighted by molar-refractivity contribution is -0.142. The van der Waals surface area contributed by atoms with E-state index < -0.39 is 23.9 Å². The van der Waals surface area contributed by atoms with Gasteiger partial charge in [-0.2, -0.15) is 0 Å². The molecule has 1 amide bonds. The van der Waals surface area contributed by atoms with Crippen molar-refractivity contribution in [1.82, 2.24) is 5.32 Å². The predicted octanol–water partition coefficient (Wildman–Crippen LogP) is 0.416. The number of carbonyl (C=O) groups excluding carboxylic acids is 2. The second kappa shape index (κ2) is 6.43. The van der Waals surface area contributed by atoms with Crippen molar-refractivity contribution in [3.63, 3.8) is 0 Å². The minimum Gasteiger partial charge on any atom is -0.480 e. The topological polar surface area (TPSA) is 106 Å². The SMILES string of the molecule is COC(=O)CC[C@@H](NC(=O)c1ccoc1)C(=O)O. The number of ether oxygens (including phenoxy) is 1. The van der Waals surface area contributed by atoms with E-state index >= 15 is 0 Å². The van der Waals surface area contributed by atoms with Gasteiger partial charge in [0, 0.05) is 6.42 Å². The van der Waals surface area contributed by atoms with E-state index in [0.717, 1.165) is 0 Å². The molecule has 0 saturated carbocycles. The fourth-order valence-electron chi connectivity index (χ4n) is 1.26.